The van der Waals surface area contributed by atoms with Crippen LogP contribution >= 0.6 is 0 Å². The summed E-state index contributed by atoms with van der Waals surface area (Å²) in [6.45, 7) is 7.68. The Labute approximate surface area is 103 Å². The van der Waals surface area contributed by atoms with Gasteiger partial charge in [-0.15, -0.1) is 0 Å². The van der Waals surface area contributed by atoms with E-state index in [1.165, 1.54) is 12.8 Å². The Morgan fingerprint density at radius 1 is 1.35 bits per heavy atom. The molecule has 2 aliphatic heterocycles. The maximum Gasteiger partial charge on any atom is 0.251 e. The second-order valence-electron chi connectivity index (χ2n) is 5.96. The van der Waals surface area contributed by atoms with E-state index in [1.807, 2.05) is 6.92 Å². The van der Waals surface area contributed by atoms with Crippen molar-refractivity contribution in [3.05, 3.63) is 0 Å². The van der Waals surface area contributed by atoms with Gasteiger partial charge in [-0.2, -0.15) is 0 Å². The maximum absolute atomic E-state index is 12.1. The summed E-state index contributed by atoms with van der Waals surface area (Å²) in [6.07, 6.45) is 4.20. The number of nitrogens with one attached hydrogen (secondary N) is 2. The van der Waals surface area contributed by atoms with Crippen molar-refractivity contribution in [2.24, 2.45) is 5.41 Å². The lowest BCUT2D eigenvalue weighted by molar-refractivity contribution is -0.140. The van der Waals surface area contributed by atoms with E-state index in [-0.39, 0.29) is 11.3 Å². The topological polar surface area (TPSA) is 50.4 Å². The minimum absolute atomic E-state index is 0.0572. The lowest BCUT2D eigenvalue weighted by Gasteiger charge is -2.35. The number of piperidine rings is 1. The van der Waals surface area contributed by atoms with Crippen LogP contribution < -0.4 is 10.6 Å². The van der Waals surface area contributed by atoms with Crippen molar-refractivity contribution in [1.29, 1.82) is 0 Å². The first kappa shape index (κ1) is 12.8. The van der Waals surface area contributed by atoms with E-state index in [0.29, 0.717) is 6.61 Å². The summed E-state index contributed by atoms with van der Waals surface area (Å²) in [5, 5.41) is 6.47. The van der Waals surface area contributed by atoms with E-state index in [0.717, 1.165) is 32.5 Å². The molecule has 0 bridgehead atoms. The lowest BCUT2D eigenvalue weighted by Crippen LogP contribution is -2.50. The molecule has 2 saturated heterocycles. The quantitative estimate of drug-likeness (QED) is 0.775. The van der Waals surface area contributed by atoms with Crippen LogP contribution in [0.4, 0.5) is 0 Å². The van der Waals surface area contributed by atoms with Crippen molar-refractivity contribution in [3.8, 4) is 0 Å². The van der Waals surface area contributed by atoms with Gasteiger partial charge in [0.25, 0.3) is 5.91 Å². The van der Waals surface area contributed by atoms with Gasteiger partial charge >= 0.3 is 0 Å². The van der Waals surface area contributed by atoms with Crippen LogP contribution in [0.3, 0.4) is 0 Å². The Balaban J connectivity index is 1.83. The molecule has 4 heteroatoms. The second kappa shape index (κ2) is 4.94. The highest BCUT2D eigenvalue weighted by molar-refractivity contribution is 5.85. The minimum atomic E-state index is -0.585. The van der Waals surface area contributed by atoms with Crippen LogP contribution in [0, 0.1) is 5.41 Å². The van der Waals surface area contributed by atoms with Crippen LogP contribution in [-0.2, 0) is 9.53 Å². The van der Waals surface area contributed by atoms with E-state index in [2.05, 4.69) is 17.6 Å². The molecule has 2 heterocycles. The summed E-state index contributed by atoms with van der Waals surface area (Å²) in [4.78, 5) is 12.1. The van der Waals surface area contributed by atoms with Crippen LogP contribution in [0.1, 0.15) is 39.5 Å². The van der Waals surface area contributed by atoms with Crippen LogP contribution in [-0.4, -0.2) is 37.7 Å². The zero-order valence-corrected chi connectivity index (χ0v) is 11.0. The number of ether oxygens (including phenoxy) is 1. The summed E-state index contributed by atoms with van der Waals surface area (Å²) >= 11 is 0. The van der Waals surface area contributed by atoms with Gasteiger partial charge in [0, 0.05) is 19.7 Å². The van der Waals surface area contributed by atoms with Crippen LogP contribution in [0.15, 0.2) is 0 Å². The van der Waals surface area contributed by atoms with Gasteiger partial charge in [0.2, 0.25) is 0 Å². The van der Waals surface area contributed by atoms with E-state index in [9.17, 15) is 4.79 Å². The molecule has 0 spiro atoms. The first-order valence-corrected chi connectivity index (χ1v) is 6.67. The monoisotopic (exact) mass is 240 g/mol. The molecule has 2 unspecified atom stereocenters. The molecule has 17 heavy (non-hydrogen) atoms. The van der Waals surface area contributed by atoms with Crippen LogP contribution in [0.5, 0.6) is 0 Å². The molecule has 2 fully saturated rings. The summed E-state index contributed by atoms with van der Waals surface area (Å²) in [7, 11) is 0. The average molecular weight is 240 g/mol. The molecule has 2 rings (SSSR count). The Bertz CT molecular complexity index is 279. The first-order valence-electron chi connectivity index (χ1n) is 6.67. The van der Waals surface area contributed by atoms with E-state index in [1.54, 1.807) is 0 Å². The van der Waals surface area contributed by atoms with Crippen molar-refractivity contribution in [2.45, 2.75) is 45.1 Å². The predicted molar refractivity (Wildman–Crippen MR) is 66.8 cm³/mol. The zero-order chi connectivity index (χ0) is 12.4. The molecule has 0 saturated carbocycles. The second-order valence-corrected chi connectivity index (χ2v) is 5.96. The van der Waals surface area contributed by atoms with Gasteiger partial charge in [0.1, 0.15) is 5.60 Å². The van der Waals surface area contributed by atoms with Crippen LogP contribution in [0.2, 0.25) is 0 Å². The number of carbonyl (C=O) groups excluding carboxylic acids is 1. The van der Waals surface area contributed by atoms with Gasteiger partial charge < -0.3 is 15.4 Å². The summed E-state index contributed by atoms with van der Waals surface area (Å²) in [6, 6.07) is 0. The largest absolute Gasteiger partial charge is 0.365 e. The van der Waals surface area contributed by atoms with E-state index in [4.69, 9.17) is 4.74 Å². The normalized spacial score (nSPS) is 38.0. The fourth-order valence-electron chi connectivity index (χ4n) is 2.71. The third kappa shape index (κ3) is 2.99. The third-order valence-electron chi connectivity index (χ3n) is 4.06. The highest BCUT2D eigenvalue weighted by Crippen LogP contribution is 2.27. The van der Waals surface area contributed by atoms with E-state index < -0.39 is 5.60 Å². The number of hydrogen-bond acceptors (Lipinski definition) is 3. The summed E-state index contributed by atoms with van der Waals surface area (Å²) in [5.74, 6) is 0.0572. The highest BCUT2D eigenvalue weighted by atomic mass is 16.5. The lowest BCUT2D eigenvalue weighted by atomic mass is 9.82. The van der Waals surface area contributed by atoms with Crippen molar-refractivity contribution in [1.82, 2.24) is 10.6 Å². The number of carbonyl (C=O) groups is 1. The zero-order valence-electron chi connectivity index (χ0n) is 11.0. The highest BCUT2D eigenvalue weighted by Gasteiger charge is 2.38. The molecule has 1 amide bonds. The number of hydrogen-bond donors (Lipinski definition) is 2. The van der Waals surface area contributed by atoms with Crippen molar-refractivity contribution < 1.29 is 9.53 Å². The minimum Gasteiger partial charge on any atom is -0.365 e. The molecule has 0 aromatic carbocycles. The predicted octanol–water partition coefficient (Wildman–Crippen LogP) is 1.06. The third-order valence-corrected chi connectivity index (χ3v) is 4.06. The molecule has 2 aliphatic rings. The molecule has 2 N–H and O–H groups in total. The first-order chi connectivity index (χ1) is 8.04. The number of rotatable bonds is 3. The standard InChI is InChI=1S/C13H24N2O2/c1-12(5-3-7-14-9-12)10-15-11(16)13(2)6-4-8-17-13/h14H,3-10H2,1-2H3,(H,15,16). The molecule has 0 aromatic rings. The Morgan fingerprint density at radius 3 is 2.76 bits per heavy atom. The molecule has 2 atom stereocenters. The summed E-state index contributed by atoms with van der Waals surface area (Å²) < 4.78 is 5.55. The average Bonchev–Trinajstić information content (AvgIpc) is 2.75. The molecular formula is C13H24N2O2. The number of amides is 1. The molecule has 0 aliphatic carbocycles. The molecular weight excluding hydrogens is 216 g/mol. The fourth-order valence-corrected chi connectivity index (χ4v) is 2.71. The molecule has 0 aromatic heterocycles. The van der Waals surface area contributed by atoms with Gasteiger partial charge in [-0.3, -0.25) is 4.79 Å². The van der Waals surface area contributed by atoms with E-state index >= 15 is 0 Å². The van der Waals surface area contributed by atoms with Gasteiger partial charge in [0.15, 0.2) is 0 Å². The SMILES string of the molecule is CC1(CNC(=O)C2(C)CCCO2)CCCNC1. The van der Waals surface area contributed by atoms with Gasteiger partial charge in [-0.05, 0) is 44.6 Å². The Hall–Kier alpha value is -0.610. The molecule has 4 nitrogen and oxygen atoms in total. The van der Waals surface area contributed by atoms with Gasteiger partial charge in [0.05, 0.1) is 0 Å². The van der Waals surface area contributed by atoms with Gasteiger partial charge in [-0.25, -0.2) is 0 Å². The van der Waals surface area contributed by atoms with Crippen molar-refractivity contribution in [3.63, 3.8) is 0 Å². The maximum atomic E-state index is 12.1. The molecule has 0 radical (unpaired) electrons. The van der Waals surface area contributed by atoms with Crippen molar-refractivity contribution >= 4 is 5.91 Å². The van der Waals surface area contributed by atoms with Crippen LogP contribution in [0.25, 0.3) is 0 Å². The summed E-state index contributed by atoms with van der Waals surface area (Å²) in [5.41, 5.74) is -0.388. The Morgan fingerprint density at radius 2 is 2.18 bits per heavy atom. The molecule has 98 valence electrons. The van der Waals surface area contributed by atoms with Crippen molar-refractivity contribution in [2.75, 3.05) is 26.2 Å². The smallest absolute Gasteiger partial charge is 0.251 e. The fraction of sp³-hybridized carbons (Fsp3) is 0.923. The Kier molecular flexibility index (Phi) is 3.73. The van der Waals surface area contributed by atoms with Gasteiger partial charge in [-0.1, -0.05) is 6.92 Å².